The highest BCUT2D eigenvalue weighted by atomic mass is 16.5. The van der Waals surface area contributed by atoms with Crippen LogP contribution in [0.15, 0.2) is 0 Å². The molecule has 1 fully saturated rings. The van der Waals surface area contributed by atoms with Crippen LogP contribution in [0.2, 0.25) is 0 Å². The lowest BCUT2D eigenvalue weighted by Crippen LogP contribution is -2.52. The second-order valence-electron chi connectivity index (χ2n) is 7.16. The van der Waals surface area contributed by atoms with E-state index in [-0.39, 0.29) is 42.7 Å². The molecule has 0 saturated carbocycles. The highest BCUT2D eigenvalue weighted by Gasteiger charge is 2.27. The lowest BCUT2D eigenvalue weighted by molar-refractivity contribution is -0.144. The minimum atomic E-state index is -0.254. The van der Waals surface area contributed by atoms with E-state index in [1.54, 1.807) is 0 Å². The standard InChI is InChI=1S/C16H31N3O3/c1-7-18(10-14(20)17-16(4,5)6)11-15(21)19-8-12(2)22-13(3)9-19/h12-13H,7-11H2,1-6H3,(H,17,20). The van der Waals surface area contributed by atoms with Crippen LogP contribution in [0.3, 0.4) is 0 Å². The van der Waals surface area contributed by atoms with Gasteiger partial charge in [-0.1, -0.05) is 6.92 Å². The van der Waals surface area contributed by atoms with Gasteiger partial charge in [-0.25, -0.2) is 0 Å². The van der Waals surface area contributed by atoms with Crippen LogP contribution in [0, 0.1) is 0 Å². The summed E-state index contributed by atoms with van der Waals surface area (Å²) in [4.78, 5) is 28.1. The molecule has 0 aliphatic carbocycles. The molecule has 6 nitrogen and oxygen atoms in total. The van der Waals surface area contributed by atoms with E-state index in [4.69, 9.17) is 4.74 Å². The minimum absolute atomic E-state index is 0.0501. The van der Waals surface area contributed by atoms with Crippen molar-refractivity contribution in [3.05, 3.63) is 0 Å². The summed E-state index contributed by atoms with van der Waals surface area (Å²) in [5, 5.41) is 2.93. The van der Waals surface area contributed by atoms with Gasteiger partial charge in [-0.15, -0.1) is 0 Å². The van der Waals surface area contributed by atoms with E-state index in [2.05, 4.69) is 5.32 Å². The van der Waals surface area contributed by atoms with Crippen molar-refractivity contribution in [1.29, 1.82) is 0 Å². The Morgan fingerprint density at radius 3 is 2.18 bits per heavy atom. The van der Waals surface area contributed by atoms with Crippen LogP contribution >= 0.6 is 0 Å². The number of ether oxygens (including phenoxy) is 1. The number of hydrogen-bond donors (Lipinski definition) is 1. The highest BCUT2D eigenvalue weighted by molar-refractivity contribution is 5.81. The Bertz CT molecular complexity index is 383. The van der Waals surface area contributed by atoms with Crippen LogP contribution in [0.1, 0.15) is 41.5 Å². The van der Waals surface area contributed by atoms with Gasteiger partial charge in [0.25, 0.3) is 0 Å². The largest absolute Gasteiger partial charge is 0.372 e. The summed E-state index contributed by atoms with van der Waals surface area (Å²) >= 11 is 0. The van der Waals surface area contributed by atoms with Crippen LogP contribution in [-0.4, -0.2) is 72.1 Å². The van der Waals surface area contributed by atoms with Crippen molar-refractivity contribution in [3.8, 4) is 0 Å². The van der Waals surface area contributed by atoms with Crippen molar-refractivity contribution in [2.24, 2.45) is 0 Å². The SMILES string of the molecule is CCN(CC(=O)NC(C)(C)C)CC(=O)N1CC(C)OC(C)C1. The summed E-state index contributed by atoms with van der Waals surface area (Å²) in [6.45, 7) is 14.2. The zero-order valence-corrected chi connectivity index (χ0v) is 14.8. The average Bonchev–Trinajstić information content (AvgIpc) is 2.34. The molecule has 0 aromatic carbocycles. The molecule has 2 unspecified atom stereocenters. The van der Waals surface area contributed by atoms with Gasteiger partial charge < -0.3 is 15.0 Å². The number of morpholine rings is 1. The molecule has 6 heteroatoms. The monoisotopic (exact) mass is 313 g/mol. The fraction of sp³-hybridized carbons (Fsp3) is 0.875. The van der Waals surface area contributed by atoms with E-state index in [1.165, 1.54) is 0 Å². The summed E-state index contributed by atoms with van der Waals surface area (Å²) in [7, 11) is 0. The van der Waals surface area contributed by atoms with Gasteiger partial charge in [0.15, 0.2) is 0 Å². The van der Waals surface area contributed by atoms with Gasteiger partial charge in [0.2, 0.25) is 11.8 Å². The molecular formula is C16H31N3O3. The van der Waals surface area contributed by atoms with Crippen molar-refractivity contribution < 1.29 is 14.3 Å². The van der Waals surface area contributed by atoms with E-state index >= 15 is 0 Å². The summed E-state index contributed by atoms with van der Waals surface area (Å²) in [6.07, 6.45) is 0.124. The van der Waals surface area contributed by atoms with Crippen LogP contribution in [-0.2, 0) is 14.3 Å². The fourth-order valence-electron chi connectivity index (χ4n) is 2.61. The molecule has 2 amide bonds. The number of amides is 2. The molecule has 1 rings (SSSR count). The fourth-order valence-corrected chi connectivity index (χ4v) is 2.61. The molecular weight excluding hydrogens is 282 g/mol. The van der Waals surface area contributed by atoms with Gasteiger partial charge >= 0.3 is 0 Å². The number of carbonyl (C=O) groups is 2. The molecule has 22 heavy (non-hydrogen) atoms. The molecule has 0 aromatic rings. The molecule has 2 atom stereocenters. The van der Waals surface area contributed by atoms with Gasteiger partial charge in [-0.2, -0.15) is 0 Å². The molecule has 128 valence electrons. The second kappa shape index (κ2) is 7.92. The van der Waals surface area contributed by atoms with Crippen LogP contribution in [0.25, 0.3) is 0 Å². The Kier molecular flexibility index (Phi) is 6.81. The average molecular weight is 313 g/mol. The van der Waals surface area contributed by atoms with Gasteiger partial charge in [0, 0.05) is 18.6 Å². The zero-order valence-electron chi connectivity index (χ0n) is 14.8. The molecule has 0 aromatic heterocycles. The Balaban J connectivity index is 2.51. The molecule has 1 N–H and O–H groups in total. The van der Waals surface area contributed by atoms with E-state index in [0.717, 1.165) is 0 Å². The van der Waals surface area contributed by atoms with E-state index in [0.29, 0.717) is 19.6 Å². The molecule has 0 spiro atoms. The first kappa shape index (κ1) is 18.9. The first-order chi connectivity index (χ1) is 10.1. The third kappa shape index (κ3) is 6.75. The Morgan fingerprint density at radius 1 is 1.18 bits per heavy atom. The maximum Gasteiger partial charge on any atom is 0.236 e. The first-order valence-corrected chi connectivity index (χ1v) is 8.07. The first-order valence-electron chi connectivity index (χ1n) is 8.07. The molecule has 0 bridgehead atoms. The second-order valence-corrected chi connectivity index (χ2v) is 7.16. The number of nitrogens with one attached hydrogen (secondary N) is 1. The van der Waals surface area contributed by atoms with Gasteiger partial charge in [0.05, 0.1) is 25.3 Å². The van der Waals surface area contributed by atoms with Gasteiger partial charge in [0.1, 0.15) is 0 Å². The minimum Gasteiger partial charge on any atom is -0.372 e. The van der Waals surface area contributed by atoms with E-state index < -0.39 is 0 Å². The smallest absolute Gasteiger partial charge is 0.236 e. The number of likely N-dealkylation sites (N-methyl/N-ethyl adjacent to an activating group) is 1. The van der Waals surface area contributed by atoms with Gasteiger partial charge in [-0.3, -0.25) is 14.5 Å². The quantitative estimate of drug-likeness (QED) is 0.818. The normalized spacial score (nSPS) is 22.8. The maximum absolute atomic E-state index is 12.4. The summed E-state index contributed by atoms with van der Waals surface area (Å²) < 4.78 is 5.65. The maximum atomic E-state index is 12.4. The molecule has 1 aliphatic rings. The molecule has 1 saturated heterocycles. The molecule has 0 radical (unpaired) electrons. The summed E-state index contributed by atoms with van der Waals surface area (Å²) in [5.74, 6) is 0.0123. The summed E-state index contributed by atoms with van der Waals surface area (Å²) in [6, 6.07) is 0. The van der Waals surface area contributed by atoms with Gasteiger partial charge in [-0.05, 0) is 41.2 Å². The van der Waals surface area contributed by atoms with Crippen LogP contribution in [0.4, 0.5) is 0 Å². The Hall–Kier alpha value is -1.14. The number of nitrogens with zero attached hydrogens (tertiary/aromatic N) is 2. The van der Waals surface area contributed by atoms with Crippen LogP contribution in [0.5, 0.6) is 0 Å². The third-order valence-corrected chi connectivity index (χ3v) is 3.46. The van der Waals surface area contributed by atoms with Crippen LogP contribution < -0.4 is 5.32 Å². The third-order valence-electron chi connectivity index (χ3n) is 3.46. The highest BCUT2D eigenvalue weighted by Crippen LogP contribution is 2.11. The number of carbonyl (C=O) groups excluding carboxylic acids is 2. The Labute approximate surface area is 134 Å². The van der Waals surface area contributed by atoms with Crippen molar-refractivity contribution in [1.82, 2.24) is 15.1 Å². The van der Waals surface area contributed by atoms with Crippen molar-refractivity contribution in [2.75, 3.05) is 32.7 Å². The lowest BCUT2D eigenvalue weighted by atomic mass is 10.1. The van der Waals surface area contributed by atoms with E-state index in [9.17, 15) is 9.59 Å². The van der Waals surface area contributed by atoms with Crippen molar-refractivity contribution in [3.63, 3.8) is 0 Å². The number of rotatable bonds is 5. The zero-order chi connectivity index (χ0) is 16.9. The van der Waals surface area contributed by atoms with E-state index in [1.807, 2.05) is 51.3 Å². The van der Waals surface area contributed by atoms with Crippen molar-refractivity contribution in [2.45, 2.75) is 59.3 Å². The molecule has 1 aliphatic heterocycles. The Morgan fingerprint density at radius 2 is 1.73 bits per heavy atom. The lowest BCUT2D eigenvalue weighted by Gasteiger charge is -2.36. The predicted octanol–water partition coefficient (Wildman–Crippen LogP) is 0.859. The van der Waals surface area contributed by atoms with Crippen molar-refractivity contribution >= 4 is 11.8 Å². The molecule has 1 heterocycles. The topological polar surface area (TPSA) is 61.9 Å². The number of hydrogen-bond acceptors (Lipinski definition) is 4. The predicted molar refractivity (Wildman–Crippen MR) is 86.6 cm³/mol. The summed E-state index contributed by atoms with van der Waals surface area (Å²) in [5.41, 5.74) is -0.254.